The van der Waals surface area contributed by atoms with Crippen LogP contribution in [0.3, 0.4) is 0 Å². The van der Waals surface area contributed by atoms with Gasteiger partial charge in [0.25, 0.3) is 0 Å². The van der Waals surface area contributed by atoms with Gasteiger partial charge in [-0.2, -0.15) is 14.7 Å². The minimum absolute atomic E-state index is 0.0272. The lowest BCUT2D eigenvalue weighted by Crippen LogP contribution is -2.06. The van der Waals surface area contributed by atoms with Crippen molar-refractivity contribution in [1.82, 2.24) is 29.6 Å². The highest BCUT2D eigenvalue weighted by Gasteiger charge is 2.22. The third-order valence-corrected chi connectivity index (χ3v) is 5.04. The van der Waals surface area contributed by atoms with Crippen molar-refractivity contribution in [3.05, 3.63) is 71.5 Å². The second-order valence-electron chi connectivity index (χ2n) is 6.62. The number of hydrogen-bond acceptors (Lipinski definition) is 6. The molecule has 0 spiro atoms. The van der Waals surface area contributed by atoms with Crippen molar-refractivity contribution in [2.75, 3.05) is 7.11 Å². The quantitative estimate of drug-likeness (QED) is 0.415. The summed E-state index contributed by atoms with van der Waals surface area (Å²) in [5.74, 6) is -0.412. The molecule has 0 aliphatic rings. The van der Waals surface area contributed by atoms with E-state index in [9.17, 15) is 4.79 Å². The van der Waals surface area contributed by atoms with Crippen LogP contribution < -0.4 is 0 Å². The highest BCUT2D eigenvalue weighted by atomic mass is 35.5. The van der Waals surface area contributed by atoms with Crippen molar-refractivity contribution in [3.63, 3.8) is 0 Å². The molecule has 0 N–H and O–H groups in total. The van der Waals surface area contributed by atoms with Gasteiger partial charge in [-0.25, -0.2) is 4.68 Å². The summed E-state index contributed by atoms with van der Waals surface area (Å²) in [6, 6.07) is 17.1. The van der Waals surface area contributed by atoms with Crippen molar-refractivity contribution in [2.45, 2.75) is 6.42 Å². The van der Waals surface area contributed by atoms with E-state index in [-0.39, 0.29) is 6.42 Å². The van der Waals surface area contributed by atoms with E-state index in [1.54, 1.807) is 27.5 Å². The smallest absolute Gasteiger partial charge is 0.311 e. The predicted molar refractivity (Wildman–Crippen MR) is 112 cm³/mol. The second kappa shape index (κ2) is 7.23. The minimum Gasteiger partial charge on any atom is -0.469 e. The summed E-state index contributed by atoms with van der Waals surface area (Å²) in [7, 11) is 1.34. The number of carbonyl (C=O) groups excluding carboxylic acids is 1. The molecule has 0 aliphatic carbocycles. The molecule has 0 bridgehead atoms. The second-order valence-corrected chi connectivity index (χ2v) is 7.06. The number of benzene rings is 2. The average molecular weight is 419 g/mol. The molecule has 30 heavy (non-hydrogen) atoms. The Morgan fingerprint density at radius 2 is 1.83 bits per heavy atom. The summed E-state index contributed by atoms with van der Waals surface area (Å²) in [6.45, 7) is 0. The Morgan fingerprint density at radius 1 is 1.07 bits per heavy atom. The standard InChI is InChI=1S/C21H15ClN6O2/c1-30-18(29)11-17-19-21(27(26-17)15-9-7-14(22)8-10-15)28-20(25-24-19)16(12-23-28)13-5-3-2-4-6-13/h2-10,12H,11H2,1H3. The SMILES string of the molecule is COC(=O)Cc1nn(-c2ccc(Cl)cc2)c2c1nnc1c(-c3ccccc3)cnn12. The Bertz CT molecular complexity index is 1380. The Morgan fingerprint density at radius 3 is 2.57 bits per heavy atom. The maximum Gasteiger partial charge on any atom is 0.311 e. The Balaban J connectivity index is 1.79. The fourth-order valence-electron chi connectivity index (χ4n) is 3.34. The van der Waals surface area contributed by atoms with Gasteiger partial charge in [0.05, 0.1) is 25.4 Å². The van der Waals surface area contributed by atoms with Gasteiger partial charge in [-0.15, -0.1) is 10.2 Å². The van der Waals surface area contributed by atoms with E-state index in [4.69, 9.17) is 16.3 Å². The largest absolute Gasteiger partial charge is 0.469 e. The fourth-order valence-corrected chi connectivity index (χ4v) is 3.47. The molecule has 8 nitrogen and oxygen atoms in total. The zero-order valence-electron chi connectivity index (χ0n) is 15.9. The van der Waals surface area contributed by atoms with Crippen molar-refractivity contribution >= 4 is 34.4 Å². The highest BCUT2D eigenvalue weighted by molar-refractivity contribution is 6.30. The fraction of sp³-hybridized carbons (Fsp3) is 0.0952. The lowest BCUT2D eigenvalue weighted by Gasteiger charge is -2.04. The van der Waals surface area contributed by atoms with E-state index in [2.05, 4.69) is 20.4 Å². The van der Waals surface area contributed by atoms with Crippen LogP contribution in [0.4, 0.5) is 0 Å². The zero-order chi connectivity index (χ0) is 20.7. The van der Waals surface area contributed by atoms with Crippen molar-refractivity contribution < 1.29 is 9.53 Å². The Hall–Kier alpha value is -3.78. The maximum atomic E-state index is 11.9. The summed E-state index contributed by atoms with van der Waals surface area (Å²) in [5.41, 5.74) is 4.71. The monoisotopic (exact) mass is 418 g/mol. The summed E-state index contributed by atoms with van der Waals surface area (Å²) >= 11 is 6.05. The molecule has 0 saturated carbocycles. The topological polar surface area (TPSA) is 87.2 Å². The van der Waals surface area contributed by atoms with E-state index >= 15 is 0 Å². The van der Waals surface area contributed by atoms with Gasteiger partial charge >= 0.3 is 5.97 Å². The molecule has 3 heterocycles. The van der Waals surface area contributed by atoms with Crippen LogP contribution in [0, 0.1) is 0 Å². The van der Waals surface area contributed by atoms with Gasteiger partial charge in [-0.1, -0.05) is 41.9 Å². The minimum atomic E-state index is -0.412. The molecule has 3 aromatic heterocycles. The van der Waals surface area contributed by atoms with E-state index in [0.29, 0.717) is 27.5 Å². The number of nitrogens with zero attached hydrogens (tertiary/aromatic N) is 6. The summed E-state index contributed by atoms with van der Waals surface area (Å²) in [6.07, 6.45) is 1.72. The van der Waals surface area contributed by atoms with Crippen LogP contribution in [0.25, 0.3) is 33.6 Å². The first-order valence-electron chi connectivity index (χ1n) is 9.16. The van der Waals surface area contributed by atoms with Crippen LogP contribution in [0.5, 0.6) is 0 Å². The summed E-state index contributed by atoms with van der Waals surface area (Å²) in [5, 5.41) is 18.6. The highest BCUT2D eigenvalue weighted by Crippen LogP contribution is 2.27. The number of ether oxygens (including phenoxy) is 1. The molecule has 2 aromatic carbocycles. The number of rotatable bonds is 4. The van der Waals surface area contributed by atoms with Gasteiger partial charge in [-0.3, -0.25) is 4.79 Å². The molecule has 9 heteroatoms. The van der Waals surface area contributed by atoms with Crippen molar-refractivity contribution in [3.8, 4) is 16.8 Å². The molecule has 0 saturated heterocycles. The number of halogens is 1. The van der Waals surface area contributed by atoms with E-state index < -0.39 is 5.97 Å². The van der Waals surface area contributed by atoms with Gasteiger partial charge in [0.15, 0.2) is 16.8 Å². The molecular formula is C21H15ClN6O2. The molecule has 148 valence electrons. The first kappa shape index (κ1) is 18.3. The van der Waals surface area contributed by atoms with Gasteiger partial charge in [0, 0.05) is 10.6 Å². The van der Waals surface area contributed by atoms with Crippen LogP contribution in [0.1, 0.15) is 5.69 Å². The van der Waals surface area contributed by atoms with Crippen LogP contribution >= 0.6 is 11.6 Å². The van der Waals surface area contributed by atoms with Crippen LogP contribution in [0.2, 0.25) is 5.02 Å². The molecule has 5 aromatic rings. The average Bonchev–Trinajstić information content (AvgIpc) is 3.36. The van der Waals surface area contributed by atoms with Crippen LogP contribution in [0.15, 0.2) is 60.8 Å². The molecule has 0 aliphatic heterocycles. The number of aromatic nitrogens is 6. The first-order valence-corrected chi connectivity index (χ1v) is 9.53. The molecule has 0 amide bonds. The number of carbonyl (C=O) groups is 1. The predicted octanol–water partition coefficient (Wildman–Crippen LogP) is 3.50. The lowest BCUT2D eigenvalue weighted by molar-refractivity contribution is -0.139. The molecular weight excluding hydrogens is 404 g/mol. The Labute approximate surface area is 175 Å². The lowest BCUT2D eigenvalue weighted by atomic mass is 10.1. The Kier molecular flexibility index (Phi) is 4.40. The molecule has 0 radical (unpaired) electrons. The van der Waals surface area contributed by atoms with Crippen LogP contribution in [-0.4, -0.2) is 42.7 Å². The molecule has 0 unspecified atom stereocenters. The third-order valence-electron chi connectivity index (χ3n) is 4.79. The summed E-state index contributed by atoms with van der Waals surface area (Å²) in [4.78, 5) is 11.9. The normalized spacial score (nSPS) is 11.3. The number of esters is 1. The van der Waals surface area contributed by atoms with Gasteiger partial charge in [0.1, 0.15) is 5.69 Å². The zero-order valence-corrected chi connectivity index (χ0v) is 16.6. The number of methoxy groups -OCH3 is 1. The van der Waals surface area contributed by atoms with E-state index in [1.807, 2.05) is 42.5 Å². The first-order chi connectivity index (χ1) is 14.7. The van der Waals surface area contributed by atoms with Crippen molar-refractivity contribution in [2.24, 2.45) is 0 Å². The van der Waals surface area contributed by atoms with E-state index in [0.717, 1.165) is 16.8 Å². The summed E-state index contributed by atoms with van der Waals surface area (Å²) < 4.78 is 8.18. The molecule has 0 fully saturated rings. The van der Waals surface area contributed by atoms with E-state index in [1.165, 1.54) is 7.11 Å². The molecule has 5 rings (SSSR count). The van der Waals surface area contributed by atoms with Gasteiger partial charge < -0.3 is 4.74 Å². The number of fused-ring (bicyclic) bond motifs is 3. The molecule has 0 atom stereocenters. The third kappa shape index (κ3) is 2.98. The van der Waals surface area contributed by atoms with Gasteiger partial charge in [0.2, 0.25) is 0 Å². The maximum absolute atomic E-state index is 11.9. The number of hydrogen-bond donors (Lipinski definition) is 0. The van der Waals surface area contributed by atoms with Gasteiger partial charge in [-0.05, 0) is 29.8 Å². The van der Waals surface area contributed by atoms with Crippen molar-refractivity contribution in [1.29, 1.82) is 0 Å². The van der Waals surface area contributed by atoms with Crippen LogP contribution in [-0.2, 0) is 16.0 Å².